The van der Waals surface area contributed by atoms with Crippen molar-refractivity contribution in [2.45, 2.75) is 13.0 Å². The van der Waals surface area contributed by atoms with Crippen LogP contribution in [-0.4, -0.2) is 31.6 Å². The van der Waals surface area contributed by atoms with E-state index in [1.54, 1.807) is 30.4 Å². The van der Waals surface area contributed by atoms with Gasteiger partial charge in [-0.15, -0.1) is 17.9 Å². The molecule has 2 aromatic rings. The van der Waals surface area contributed by atoms with E-state index in [1.165, 1.54) is 0 Å². The van der Waals surface area contributed by atoms with Crippen LogP contribution in [0.1, 0.15) is 10.4 Å². The SMILES string of the molecule is C=CCc1ccc(OCC(=O)N(C)Cc2cccs2)c(OC)c1. The van der Waals surface area contributed by atoms with Crippen LogP contribution in [-0.2, 0) is 17.8 Å². The van der Waals surface area contributed by atoms with E-state index in [2.05, 4.69) is 6.58 Å². The van der Waals surface area contributed by atoms with Crippen molar-refractivity contribution in [3.05, 3.63) is 58.8 Å². The van der Waals surface area contributed by atoms with Crippen LogP contribution >= 0.6 is 11.3 Å². The van der Waals surface area contributed by atoms with Crippen LogP contribution in [0, 0.1) is 0 Å². The number of hydrogen-bond acceptors (Lipinski definition) is 4. The van der Waals surface area contributed by atoms with Crippen LogP contribution in [0.5, 0.6) is 11.5 Å². The van der Waals surface area contributed by atoms with E-state index in [9.17, 15) is 4.79 Å². The second kappa shape index (κ2) is 8.39. The van der Waals surface area contributed by atoms with Crippen LogP contribution in [0.2, 0.25) is 0 Å². The molecule has 1 aromatic heterocycles. The lowest BCUT2D eigenvalue weighted by Crippen LogP contribution is -2.30. The summed E-state index contributed by atoms with van der Waals surface area (Å²) in [5.41, 5.74) is 1.09. The predicted octanol–water partition coefficient (Wildman–Crippen LogP) is 3.52. The van der Waals surface area contributed by atoms with Gasteiger partial charge >= 0.3 is 0 Å². The topological polar surface area (TPSA) is 38.8 Å². The summed E-state index contributed by atoms with van der Waals surface area (Å²) in [6.07, 6.45) is 2.59. The van der Waals surface area contributed by atoms with Crippen LogP contribution in [0.25, 0.3) is 0 Å². The number of carbonyl (C=O) groups is 1. The highest BCUT2D eigenvalue weighted by atomic mass is 32.1. The van der Waals surface area contributed by atoms with Gasteiger partial charge in [0.1, 0.15) is 0 Å². The van der Waals surface area contributed by atoms with Crippen molar-refractivity contribution in [2.24, 2.45) is 0 Å². The Morgan fingerprint density at radius 1 is 1.35 bits per heavy atom. The molecule has 0 fully saturated rings. The summed E-state index contributed by atoms with van der Waals surface area (Å²) >= 11 is 1.63. The van der Waals surface area contributed by atoms with Gasteiger partial charge in [0.15, 0.2) is 18.1 Å². The maximum Gasteiger partial charge on any atom is 0.260 e. The molecule has 0 unspecified atom stereocenters. The van der Waals surface area contributed by atoms with Gasteiger partial charge in [0.25, 0.3) is 5.91 Å². The minimum atomic E-state index is -0.0735. The quantitative estimate of drug-likeness (QED) is 0.695. The Hall–Kier alpha value is -2.27. The first kappa shape index (κ1) is 17.1. The fourth-order valence-electron chi connectivity index (χ4n) is 2.10. The van der Waals surface area contributed by atoms with Gasteiger partial charge in [-0.1, -0.05) is 18.2 Å². The molecule has 0 aliphatic carbocycles. The number of thiophene rings is 1. The zero-order valence-electron chi connectivity index (χ0n) is 13.5. The third-order valence-corrected chi connectivity index (χ3v) is 4.22. The molecule has 0 aliphatic rings. The summed E-state index contributed by atoms with van der Waals surface area (Å²) < 4.78 is 11.0. The van der Waals surface area contributed by atoms with Gasteiger partial charge in [-0.2, -0.15) is 0 Å². The monoisotopic (exact) mass is 331 g/mol. The summed E-state index contributed by atoms with van der Waals surface area (Å²) in [6, 6.07) is 9.65. The molecule has 0 saturated heterocycles. The van der Waals surface area contributed by atoms with Crippen LogP contribution in [0.15, 0.2) is 48.4 Å². The Balaban J connectivity index is 1.94. The van der Waals surface area contributed by atoms with Crippen molar-refractivity contribution >= 4 is 17.2 Å². The predicted molar refractivity (Wildman–Crippen MR) is 93.2 cm³/mol. The lowest BCUT2D eigenvalue weighted by atomic mass is 10.1. The summed E-state index contributed by atoms with van der Waals surface area (Å²) in [4.78, 5) is 15.0. The highest BCUT2D eigenvalue weighted by molar-refractivity contribution is 7.09. The Labute approximate surface area is 141 Å². The number of carbonyl (C=O) groups excluding carboxylic acids is 1. The number of likely N-dealkylation sites (N-methyl/N-ethyl adjacent to an activating group) is 1. The van der Waals surface area contributed by atoms with Crippen molar-refractivity contribution in [1.29, 1.82) is 0 Å². The normalized spacial score (nSPS) is 10.2. The average Bonchev–Trinajstić information content (AvgIpc) is 3.06. The molecule has 0 aliphatic heterocycles. The Morgan fingerprint density at radius 2 is 2.17 bits per heavy atom. The van der Waals surface area contributed by atoms with Crippen LogP contribution < -0.4 is 9.47 Å². The summed E-state index contributed by atoms with van der Waals surface area (Å²) in [6.45, 7) is 4.30. The molecule has 0 bridgehead atoms. The molecule has 5 heteroatoms. The van der Waals surface area contributed by atoms with Crippen molar-refractivity contribution in [3.63, 3.8) is 0 Å². The molecule has 1 aromatic carbocycles. The first-order valence-corrected chi connectivity index (χ1v) is 8.19. The van der Waals surface area contributed by atoms with E-state index in [0.29, 0.717) is 18.0 Å². The Morgan fingerprint density at radius 3 is 2.83 bits per heavy atom. The molecular formula is C18H21NO3S. The van der Waals surface area contributed by atoms with E-state index in [0.717, 1.165) is 16.9 Å². The summed E-state index contributed by atoms with van der Waals surface area (Å²) in [7, 11) is 3.36. The minimum absolute atomic E-state index is 0.0148. The molecule has 23 heavy (non-hydrogen) atoms. The van der Waals surface area contributed by atoms with Gasteiger partial charge in [-0.25, -0.2) is 0 Å². The van der Waals surface area contributed by atoms with Gasteiger partial charge in [0.05, 0.1) is 13.7 Å². The largest absolute Gasteiger partial charge is 0.493 e. The number of nitrogens with zero attached hydrogens (tertiary/aromatic N) is 1. The molecule has 2 rings (SSSR count). The van der Waals surface area contributed by atoms with E-state index < -0.39 is 0 Å². The van der Waals surface area contributed by atoms with Crippen molar-refractivity contribution < 1.29 is 14.3 Å². The zero-order chi connectivity index (χ0) is 16.7. The van der Waals surface area contributed by atoms with E-state index >= 15 is 0 Å². The third kappa shape index (κ3) is 4.86. The maximum atomic E-state index is 12.2. The molecule has 0 radical (unpaired) electrons. The number of rotatable bonds is 8. The minimum Gasteiger partial charge on any atom is -0.493 e. The number of hydrogen-bond donors (Lipinski definition) is 0. The molecule has 1 amide bonds. The standard InChI is InChI=1S/C18H21NO3S/c1-4-6-14-8-9-16(17(11-14)21-3)22-13-18(20)19(2)12-15-7-5-10-23-15/h4-5,7-11H,1,6,12-13H2,2-3H3. The molecule has 122 valence electrons. The van der Waals surface area contributed by atoms with Gasteiger partial charge in [0.2, 0.25) is 0 Å². The van der Waals surface area contributed by atoms with Gasteiger partial charge in [-0.3, -0.25) is 4.79 Å². The average molecular weight is 331 g/mol. The van der Waals surface area contributed by atoms with Crippen LogP contribution in [0.3, 0.4) is 0 Å². The van der Waals surface area contributed by atoms with Crippen molar-refractivity contribution in [2.75, 3.05) is 20.8 Å². The first-order chi connectivity index (χ1) is 11.1. The fraction of sp³-hybridized carbons (Fsp3) is 0.278. The van der Waals surface area contributed by atoms with E-state index in [4.69, 9.17) is 9.47 Å². The third-order valence-electron chi connectivity index (χ3n) is 3.36. The Kier molecular flexibility index (Phi) is 6.23. The highest BCUT2D eigenvalue weighted by Crippen LogP contribution is 2.28. The lowest BCUT2D eigenvalue weighted by Gasteiger charge is -2.17. The number of methoxy groups -OCH3 is 1. The summed E-state index contributed by atoms with van der Waals surface area (Å²) in [5.74, 6) is 1.12. The summed E-state index contributed by atoms with van der Waals surface area (Å²) in [5, 5.41) is 2.00. The number of allylic oxidation sites excluding steroid dienone is 1. The molecule has 0 saturated carbocycles. The lowest BCUT2D eigenvalue weighted by molar-refractivity contribution is -0.132. The molecule has 0 N–H and O–H groups in total. The fourth-order valence-corrected chi connectivity index (χ4v) is 2.86. The smallest absolute Gasteiger partial charge is 0.260 e. The van der Waals surface area contributed by atoms with Crippen LogP contribution in [0.4, 0.5) is 0 Å². The number of benzene rings is 1. The first-order valence-electron chi connectivity index (χ1n) is 7.31. The maximum absolute atomic E-state index is 12.2. The number of ether oxygens (including phenoxy) is 2. The molecule has 0 atom stereocenters. The Bertz CT molecular complexity index is 652. The van der Waals surface area contributed by atoms with Gasteiger partial charge in [0, 0.05) is 11.9 Å². The van der Waals surface area contributed by atoms with Crippen molar-refractivity contribution in [1.82, 2.24) is 4.90 Å². The molecule has 1 heterocycles. The molecule has 0 spiro atoms. The zero-order valence-corrected chi connectivity index (χ0v) is 14.3. The van der Waals surface area contributed by atoms with Gasteiger partial charge < -0.3 is 14.4 Å². The van der Waals surface area contributed by atoms with E-state index in [-0.39, 0.29) is 12.5 Å². The number of amides is 1. The highest BCUT2D eigenvalue weighted by Gasteiger charge is 2.13. The van der Waals surface area contributed by atoms with Crippen molar-refractivity contribution in [3.8, 4) is 11.5 Å². The molecule has 4 nitrogen and oxygen atoms in total. The second-order valence-electron chi connectivity index (χ2n) is 5.10. The molecular weight excluding hydrogens is 310 g/mol. The van der Waals surface area contributed by atoms with Gasteiger partial charge in [-0.05, 0) is 35.6 Å². The van der Waals surface area contributed by atoms with E-state index in [1.807, 2.05) is 41.8 Å². The second-order valence-corrected chi connectivity index (χ2v) is 6.13.